The number of ether oxygens (including phenoxy) is 2. The van der Waals surface area contributed by atoms with Crippen molar-refractivity contribution in [3.05, 3.63) is 106 Å². The van der Waals surface area contributed by atoms with Gasteiger partial charge in [0.05, 0.1) is 0 Å². The minimum atomic E-state index is -1.22. The molecule has 0 radical (unpaired) electrons. The van der Waals surface area contributed by atoms with Crippen LogP contribution < -0.4 is 37.4 Å². The third-order valence-electron chi connectivity index (χ3n) is 7.31. The molecule has 1 heterocycles. The first kappa shape index (κ1) is 35.6. The van der Waals surface area contributed by atoms with Gasteiger partial charge in [0.2, 0.25) is 11.8 Å². The van der Waals surface area contributed by atoms with E-state index in [0.29, 0.717) is 30.0 Å². The number of carbonyl (C=O) groups is 3. The summed E-state index contributed by atoms with van der Waals surface area (Å²) >= 11 is 0. The van der Waals surface area contributed by atoms with Crippen molar-refractivity contribution in [3.63, 3.8) is 0 Å². The average molecular weight is 660 g/mol. The zero-order chi connectivity index (χ0) is 34.5. The molecule has 3 atom stereocenters. The molecule has 0 saturated carbocycles. The summed E-state index contributed by atoms with van der Waals surface area (Å²) in [6.07, 6.45) is -1.35. The van der Waals surface area contributed by atoms with Gasteiger partial charge in [-0.3, -0.25) is 20.6 Å². The summed E-state index contributed by atoms with van der Waals surface area (Å²) in [5.41, 5.74) is 7.44. The summed E-state index contributed by atoms with van der Waals surface area (Å²) in [5.74, 6) is -0.792. The Morgan fingerprint density at radius 1 is 0.875 bits per heavy atom. The Morgan fingerprint density at radius 2 is 1.58 bits per heavy atom. The number of benzene rings is 3. The molecule has 13 nitrogen and oxygen atoms in total. The van der Waals surface area contributed by atoms with Crippen molar-refractivity contribution in [3.8, 4) is 5.75 Å². The number of anilines is 1. The highest BCUT2D eigenvalue weighted by molar-refractivity contribution is 5.98. The Labute approximate surface area is 277 Å². The first-order valence-corrected chi connectivity index (χ1v) is 15.6. The number of fused-ring (bicyclic) bond motifs is 1. The summed E-state index contributed by atoms with van der Waals surface area (Å²) in [4.78, 5) is 50.8. The minimum absolute atomic E-state index is 0.0397. The molecule has 254 valence electrons. The lowest BCUT2D eigenvalue weighted by Crippen LogP contribution is -2.54. The number of alkyl carbamates (subject to hydrolysis) is 1. The topological polar surface area (TPSA) is 194 Å². The molecule has 1 aromatic heterocycles. The Bertz CT molecular complexity index is 1710. The van der Waals surface area contributed by atoms with Crippen LogP contribution >= 0.6 is 0 Å². The van der Waals surface area contributed by atoms with Crippen molar-refractivity contribution in [2.75, 3.05) is 11.9 Å². The van der Waals surface area contributed by atoms with Crippen LogP contribution in [0.25, 0.3) is 11.0 Å². The average Bonchev–Trinajstić information content (AvgIpc) is 3.07. The molecule has 3 unspecified atom stereocenters. The normalized spacial score (nSPS) is 12.9. The highest BCUT2D eigenvalue weighted by Gasteiger charge is 2.29. The van der Waals surface area contributed by atoms with Crippen LogP contribution in [0, 0.1) is 5.92 Å². The number of aliphatic hydroxyl groups excluding tert-OH is 1. The maximum absolute atomic E-state index is 13.4. The van der Waals surface area contributed by atoms with E-state index in [-0.39, 0.29) is 25.6 Å². The van der Waals surface area contributed by atoms with Gasteiger partial charge in [-0.05, 0) is 66.8 Å². The zero-order valence-corrected chi connectivity index (χ0v) is 26.8. The van der Waals surface area contributed by atoms with Gasteiger partial charge in [0.25, 0.3) is 0 Å². The summed E-state index contributed by atoms with van der Waals surface area (Å²) < 4.78 is 16.4. The van der Waals surface area contributed by atoms with E-state index in [9.17, 15) is 24.3 Å². The Kier molecular flexibility index (Phi) is 13.1. The first-order chi connectivity index (χ1) is 23.1. The van der Waals surface area contributed by atoms with E-state index in [1.807, 2.05) is 30.3 Å². The molecule has 0 aliphatic carbocycles. The fourth-order valence-corrected chi connectivity index (χ4v) is 4.72. The standard InChI is InChI=1S/C35H41N5O8/c1-22(2)31(40-35(45)47-21-23-7-4-3-5-8-23)33(43)39-28(9-6-18-37-34(36)44)32(42)38-26-14-10-24(11-15-26)20-46-27-16-12-25-13-17-30(41)48-29(25)19-27/h3-5,7-8,10-17,19,22,28,31,34,37,44H,6,9,18,20-21,36H2,1-2H3,(H,38,42)(H,39,43)(H,40,45). The van der Waals surface area contributed by atoms with E-state index in [1.165, 1.54) is 6.07 Å². The first-order valence-electron chi connectivity index (χ1n) is 15.6. The second kappa shape index (κ2) is 17.6. The lowest BCUT2D eigenvalue weighted by atomic mass is 10.0. The van der Waals surface area contributed by atoms with E-state index in [1.54, 1.807) is 62.4 Å². The van der Waals surface area contributed by atoms with Gasteiger partial charge in [-0.2, -0.15) is 0 Å². The fourth-order valence-electron chi connectivity index (χ4n) is 4.72. The van der Waals surface area contributed by atoms with Gasteiger partial charge < -0.3 is 34.9 Å². The quantitative estimate of drug-likeness (QED) is 0.0590. The highest BCUT2D eigenvalue weighted by Crippen LogP contribution is 2.21. The smallest absolute Gasteiger partial charge is 0.408 e. The molecular formula is C35H41N5O8. The number of hydrogen-bond donors (Lipinski definition) is 6. The van der Waals surface area contributed by atoms with Gasteiger partial charge >= 0.3 is 11.7 Å². The van der Waals surface area contributed by atoms with Gasteiger partial charge in [-0.1, -0.05) is 56.3 Å². The van der Waals surface area contributed by atoms with Crippen molar-refractivity contribution in [1.29, 1.82) is 0 Å². The van der Waals surface area contributed by atoms with Gasteiger partial charge in [0, 0.05) is 23.2 Å². The number of carbonyl (C=O) groups excluding carboxylic acids is 3. The summed E-state index contributed by atoms with van der Waals surface area (Å²) in [6.45, 7) is 4.11. The van der Waals surface area contributed by atoms with Gasteiger partial charge in [0.15, 0.2) is 6.35 Å². The molecule has 13 heteroatoms. The van der Waals surface area contributed by atoms with Crippen LogP contribution in [0.2, 0.25) is 0 Å². The Hall–Kier alpha value is -5.24. The van der Waals surface area contributed by atoms with Crippen LogP contribution in [0.3, 0.4) is 0 Å². The van der Waals surface area contributed by atoms with E-state index in [0.717, 1.165) is 16.5 Å². The molecular weight excluding hydrogens is 618 g/mol. The summed E-state index contributed by atoms with van der Waals surface area (Å²) in [6, 6.07) is 22.5. The van der Waals surface area contributed by atoms with E-state index in [2.05, 4.69) is 21.3 Å². The van der Waals surface area contributed by atoms with Crippen LogP contribution in [-0.4, -0.2) is 48.0 Å². The summed E-state index contributed by atoms with van der Waals surface area (Å²) in [5, 5.41) is 21.0. The maximum atomic E-state index is 13.4. The third kappa shape index (κ3) is 11.2. The fraction of sp³-hybridized carbons (Fsp3) is 0.314. The Morgan fingerprint density at radius 3 is 2.29 bits per heavy atom. The van der Waals surface area contributed by atoms with E-state index < -0.39 is 42.0 Å². The number of hydrogen-bond acceptors (Lipinski definition) is 10. The lowest BCUT2D eigenvalue weighted by molar-refractivity contribution is -0.128. The van der Waals surface area contributed by atoms with Crippen molar-refractivity contribution < 1.29 is 33.4 Å². The number of aliphatic hydroxyl groups is 1. The predicted molar refractivity (Wildman–Crippen MR) is 180 cm³/mol. The predicted octanol–water partition coefficient (Wildman–Crippen LogP) is 3.35. The molecule has 0 aliphatic rings. The van der Waals surface area contributed by atoms with Crippen LogP contribution in [0.15, 0.2) is 94.1 Å². The van der Waals surface area contributed by atoms with Crippen molar-refractivity contribution in [1.82, 2.24) is 16.0 Å². The molecule has 0 spiro atoms. The monoisotopic (exact) mass is 659 g/mol. The molecule has 0 aliphatic heterocycles. The molecule has 7 N–H and O–H groups in total. The molecule has 48 heavy (non-hydrogen) atoms. The third-order valence-corrected chi connectivity index (χ3v) is 7.31. The van der Waals surface area contributed by atoms with Crippen LogP contribution in [0.4, 0.5) is 10.5 Å². The Balaban J connectivity index is 1.35. The lowest BCUT2D eigenvalue weighted by Gasteiger charge is -2.25. The maximum Gasteiger partial charge on any atom is 0.408 e. The van der Waals surface area contributed by atoms with Crippen molar-refractivity contribution in [2.24, 2.45) is 11.7 Å². The van der Waals surface area contributed by atoms with Gasteiger partial charge in [-0.25, -0.2) is 9.59 Å². The zero-order valence-electron chi connectivity index (χ0n) is 26.8. The van der Waals surface area contributed by atoms with Crippen molar-refractivity contribution in [2.45, 2.75) is 58.3 Å². The number of nitrogens with one attached hydrogen (secondary N) is 4. The highest BCUT2D eigenvalue weighted by atomic mass is 16.5. The molecule has 0 saturated heterocycles. The molecule has 4 rings (SSSR count). The second-order valence-electron chi connectivity index (χ2n) is 11.5. The largest absolute Gasteiger partial charge is 0.489 e. The second-order valence-corrected chi connectivity index (χ2v) is 11.5. The van der Waals surface area contributed by atoms with E-state index >= 15 is 0 Å². The van der Waals surface area contributed by atoms with Gasteiger partial charge in [-0.15, -0.1) is 0 Å². The van der Waals surface area contributed by atoms with Crippen LogP contribution in [0.1, 0.15) is 37.8 Å². The van der Waals surface area contributed by atoms with Gasteiger partial charge in [0.1, 0.15) is 36.6 Å². The van der Waals surface area contributed by atoms with Crippen molar-refractivity contribution >= 4 is 34.6 Å². The van der Waals surface area contributed by atoms with E-state index in [4.69, 9.17) is 19.6 Å². The molecule has 0 fully saturated rings. The molecule has 3 amide bonds. The number of amides is 3. The summed E-state index contributed by atoms with van der Waals surface area (Å²) in [7, 11) is 0. The molecule has 4 aromatic rings. The molecule has 0 bridgehead atoms. The SMILES string of the molecule is CC(C)C(NC(=O)OCc1ccccc1)C(=O)NC(CCCNC(N)O)C(=O)Nc1ccc(COc2ccc3ccc(=O)oc3c2)cc1. The number of rotatable bonds is 16. The number of nitrogens with two attached hydrogens (primary N) is 1. The molecule has 3 aromatic carbocycles. The van der Waals surface area contributed by atoms with Crippen LogP contribution in [-0.2, 0) is 27.5 Å². The van der Waals surface area contributed by atoms with Crippen LogP contribution in [0.5, 0.6) is 5.75 Å². The minimum Gasteiger partial charge on any atom is -0.489 e.